The molecule has 0 saturated carbocycles. The van der Waals surface area contributed by atoms with Crippen molar-refractivity contribution in [2.24, 2.45) is 0 Å². The number of nitrogens with zero attached hydrogens (tertiary/aromatic N) is 1. The van der Waals surface area contributed by atoms with Crippen LogP contribution in [-0.2, 0) is 0 Å². The van der Waals surface area contributed by atoms with E-state index in [1.54, 1.807) is 0 Å². The molecule has 0 radical (unpaired) electrons. The summed E-state index contributed by atoms with van der Waals surface area (Å²) in [5.74, 6) is -2.09. The van der Waals surface area contributed by atoms with E-state index in [0.717, 1.165) is 6.20 Å². The second-order valence-electron chi connectivity index (χ2n) is 2.19. The van der Waals surface area contributed by atoms with Crippen LogP contribution in [0.3, 0.4) is 0 Å². The molecule has 3 nitrogen and oxygen atoms in total. The molecule has 5 heteroatoms. The van der Waals surface area contributed by atoms with E-state index in [1.807, 2.05) is 0 Å². The van der Waals surface area contributed by atoms with Crippen LogP contribution in [0.5, 0.6) is 0 Å². The lowest BCUT2D eigenvalue weighted by Gasteiger charge is -2.01. The van der Waals surface area contributed by atoms with Crippen LogP contribution in [0.15, 0.2) is 6.20 Å². The number of hydrogen-bond acceptors (Lipinski definition) is 2. The minimum absolute atomic E-state index is 0.203. The average molecular weight is 190 g/mol. The fraction of sp³-hybridized carbons (Fsp3) is 0.143. The van der Waals surface area contributed by atoms with E-state index in [1.165, 1.54) is 6.92 Å². The topological polar surface area (TPSA) is 50.2 Å². The molecular weight excluding hydrogens is 185 g/mol. The molecule has 0 aliphatic rings. The number of aromatic nitrogens is 1. The zero-order valence-corrected chi connectivity index (χ0v) is 6.89. The Morgan fingerprint density at radius 2 is 2.33 bits per heavy atom. The SMILES string of the molecule is Cc1ncc(F)c(Cl)c1C(=O)O. The molecular formula is C7H5ClFNO2. The summed E-state index contributed by atoms with van der Waals surface area (Å²) in [5, 5.41) is 8.19. The molecule has 64 valence electrons. The van der Waals surface area contributed by atoms with E-state index in [0.29, 0.717) is 0 Å². The third-order valence-electron chi connectivity index (χ3n) is 1.38. The highest BCUT2D eigenvalue weighted by atomic mass is 35.5. The van der Waals surface area contributed by atoms with Crippen molar-refractivity contribution in [2.45, 2.75) is 6.92 Å². The molecule has 0 amide bonds. The van der Waals surface area contributed by atoms with Gasteiger partial charge in [0.15, 0.2) is 5.82 Å². The number of aryl methyl sites for hydroxylation is 1. The number of carboxylic acid groups (broad SMARTS) is 1. The van der Waals surface area contributed by atoms with Gasteiger partial charge in [0.2, 0.25) is 0 Å². The molecule has 0 aliphatic heterocycles. The minimum Gasteiger partial charge on any atom is -0.478 e. The highest BCUT2D eigenvalue weighted by molar-refractivity contribution is 6.33. The first kappa shape index (κ1) is 8.93. The second-order valence-corrected chi connectivity index (χ2v) is 2.56. The van der Waals surface area contributed by atoms with Gasteiger partial charge in [0, 0.05) is 0 Å². The molecule has 0 unspecified atom stereocenters. The first-order valence-electron chi connectivity index (χ1n) is 3.08. The predicted molar refractivity (Wildman–Crippen MR) is 40.9 cm³/mol. The average Bonchev–Trinajstić information content (AvgIpc) is 1.97. The Kier molecular flexibility index (Phi) is 2.28. The zero-order chi connectivity index (χ0) is 9.30. The Balaban J connectivity index is 3.43. The largest absolute Gasteiger partial charge is 0.478 e. The van der Waals surface area contributed by atoms with E-state index in [2.05, 4.69) is 4.98 Å². The third kappa shape index (κ3) is 1.38. The summed E-state index contributed by atoms with van der Waals surface area (Å²) < 4.78 is 12.7. The van der Waals surface area contributed by atoms with Crippen LogP contribution in [0.1, 0.15) is 16.1 Å². The fourth-order valence-electron chi connectivity index (χ4n) is 0.802. The second kappa shape index (κ2) is 3.06. The summed E-state index contributed by atoms with van der Waals surface area (Å²) in [6.45, 7) is 1.45. The Bertz CT molecular complexity index is 340. The van der Waals surface area contributed by atoms with Gasteiger partial charge in [-0.2, -0.15) is 0 Å². The summed E-state index contributed by atoms with van der Waals surface area (Å²) in [7, 11) is 0. The van der Waals surface area contributed by atoms with Crippen molar-refractivity contribution >= 4 is 17.6 Å². The third-order valence-corrected chi connectivity index (χ3v) is 1.75. The van der Waals surface area contributed by atoms with E-state index in [-0.39, 0.29) is 11.3 Å². The molecule has 0 bridgehead atoms. The summed E-state index contributed by atoms with van der Waals surface area (Å²) in [5.41, 5.74) is -0.0782. The van der Waals surface area contributed by atoms with Crippen molar-refractivity contribution in [2.75, 3.05) is 0 Å². The minimum atomic E-state index is -1.27. The van der Waals surface area contributed by atoms with Crippen LogP contribution in [0.2, 0.25) is 5.02 Å². The first-order chi connectivity index (χ1) is 5.54. The summed E-state index contributed by atoms with van der Waals surface area (Å²) in [6.07, 6.45) is 0.893. The van der Waals surface area contributed by atoms with Gasteiger partial charge in [-0.05, 0) is 6.92 Å². The zero-order valence-electron chi connectivity index (χ0n) is 6.14. The van der Waals surface area contributed by atoms with Gasteiger partial charge in [0.25, 0.3) is 0 Å². The lowest BCUT2D eigenvalue weighted by molar-refractivity contribution is 0.0695. The van der Waals surface area contributed by atoms with Crippen LogP contribution in [-0.4, -0.2) is 16.1 Å². The van der Waals surface area contributed by atoms with Crippen LogP contribution < -0.4 is 0 Å². The maximum atomic E-state index is 12.7. The van der Waals surface area contributed by atoms with E-state index in [9.17, 15) is 9.18 Å². The maximum absolute atomic E-state index is 12.7. The van der Waals surface area contributed by atoms with Crippen LogP contribution >= 0.6 is 11.6 Å². The number of rotatable bonds is 1. The lowest BCUT2D eigenvalue weighted by atomic mass is 10.2. The van der Waals surface area contributed by atoms with Crippen molar-refractivity contribution < 1.29 is 14.3 Å². The maximum Gasteiger partial charge on any atom is 0.339 e. The summed E-state index contributed by atoms with van der Waals surface area (Å²) >= 11 is 5.40. The van der Waals surface area contributed by atoms with E-state index < -0.39 is 16.8 Å². The standard InChI is InChI=1S/C7H5ClFNO2/c1-3-5(7(11)12)6(8)4(9)2-10-3/h2H,1H3,(H,11,12). The highest BCUT2D eigenvalue weighted by Gasteiger charge is 2.16. The molecule has 0 saturated heterocycles. The molecule has 1 aromatic rings. The number of pyridine rings is 1. The number of aromatic carboxylic acids is 1. The van der Waals surface area contributed by atoms with Gasteiger partial charge in [0.05, 0.1) is 16.9 Å². The van der Waals surface area contributed by atoms with Gasteiger partial charge < -0.3 is 5.11 Å². The van der Waals surface area contributed by atoms with Crippen molar-refractivity contribution in [3.05, 3.63) is 28.3 Å². The molecule has 1 aromatic heterocycles. The molecule has 0 aliphatic carbocycles. The normalized spacial score (nSPS) is 9.92. The van der Waals surface area contributed by atoms with Crippen LogP contribution in [0.25, 0.3) is 0 Å². The van der Waals surface area contributed by atoms with Crippen LogP contribution in [0.4, 0.5) is 4.39 Å². The van der Waals surface area contributed by atoms with Crippen molar-refractivity contribution in [3.63, 3.8) is 0 Å². The fourth-order valence-corrected chi connectivity index (χ4v) is 1.07. The van der Waals surface area contributed by atoms with Gasteiger partial charge in [-0.3, -0.25) is 4.98 Å². The number of carbonyl (C=O) groups is 1. The predicted octanol–water partition coefficient (Wildman–Crippen LogP) is 1.88. The van der Waals surface area contributed by atoms with Gasteiger partial charge in [-0.1, -0.05) is 11.6 Å². The van der Waals surface area contributed by atoms with Gasteiger partial charge in [-0.25, -0.2) is 9.18 Å². The number of halogens is 2. The summed E-state index contributed by atoms with van der Waals surface area (Å²) in [4.78, 5) is 14.0. The Morgan fingerprint density at radius 3 is 2.75 bits per heavy atom. The molecule has 12 heavy (non-hydrogen) atoms. The molecule has 0 fully saturated rings. The quantitative estimate of drug-likeness (QED) is 0.734. The smallest absolute Gasteiger partial charge is 0.339 e. The Labute approximate surface area is 72.8 Å². The summed E-state index contributed by atoms with van der Waals surface area (Å²) in [6, 6.07) is 0. The molecule has 0 aromatic carbocycles. The highest BCUT2D eigenvalue weighted by Crippen LogP contribution is 2.20. The molecule has 1 N–H and O–H groups in total. The Morgan fingerprint density at radius 1 is 1.75 bits per heavy atom. The number of hydrogen-bond donors (Lipinski definition) is 1. The van der Waals surface area contributed by atoms with E-state index in [4.69, 9.17) is 16.7 Å². The first-order valence-corrected chi connectivity index (χ1v) is 3.45. The van der Waals surface area contributed by atoms with E-state index >= 15 is 0 Å². The number of carboxylic acids is 1. The molecule has 1 heterocycles. The molecule has 0 spiro atoms. The molecule has 0 atom stereocenters. The molecule has 1 rings (SSSR count). The van der Waals surface area contributed by atoms with Gasteiger partial charge in [0.1, 0.15) is 5.56 Å². The van der Waals surface area contributed by atoms with Gasteiger partial charge >= 0.3 is 5.97 Å². The van der Waals surface area contributed by atoms with Crippen LogP contribution in [0, 0.1) is 12.7 Å². The monoisotopic (exact) mass is 189 g/mol. The van der Waals surface area contributed by atoms with Crippen molar-refractivity contribution in [1.82, 2.24) is 4.98 Å². The van der Waals surface area contributed by atoms with Crippen molar-refractivity contribution in [3.8, 4) is 0 Å². The lowest BCUT2D eigenvalue weighted by Crippen LogP contribution is -2.04. The Hall–Kier alpha value is -1.16. The van der Waals surface area contributed by atoms with Crippen molar-refractivity contribution in [1.29, 1.82) is 0 Å². The van der Waals surface area contributed by atoms with Gasteiger partial charge in [-0.15, -0.1) is 0 Å².